The van der Waals surface area contributed by atoms with E-state index in [0.29, 0.717) is 23.7 Å². The molecule has 0 aliphatic carbocycles. The maximum Gasteiger partial charge on any atom is 0.245 e. The molecule has 2 aromatic heterocycles. The number of carbonyl (C=O) groups excluding carboxylic acids is 2. The Kier molecular flexibility index (Phi) is 6.10. The van der Waals surface area contributed by atoms with Crippen LogP contribution in [0, 0.1) is 10.7 Å². The summed E-state index contributed by atoms with van der Waals surface area (Å²) in [6, 6.07) is 12.8. The zero-order chi connectivity index (χ0) is 21.1. The van der Waals surface area contributed by atoms with Gasteiger partial charge in [-0.3, -0.25) is 19.3 Å². The number of rotatable bonds is 5. The summed E-state index contributed by atoms with van der Waals surface area (Å²) in [6.07, 6.45) is 1.56. The second-order valence-electron chi connectivity index (χ2n) is 7.35. The van der Waals surface area contributed by atoms with Gasteiger partial charge in [0.15, 0.2) is 10.6 Å². The van der Waals surface area contributed by atoms with E-state index in [4.69, 9.17) is 12.2 Å². The van der Waals surface area contributed by atoms with E-state index >= 15 is 0 Å². The van der Waals surface area contributed by atoms with Gasteiger partial charge in [-0.1, -0.05) is 24.3 Å². The van der Waals surface area contributed by atoms with Gasteiger partial charge in [0.25, 0.3) is 0 Å². The number of carbonyl (C=O) groups is 2. The first-order valence-electron chi connectivity index (χ1n) is 9.90. The van der Waals surface area contributed by atoms with Crippen molar-refractivity contribution in [1.29, 1.82) is 0 Å². The number of aromatic nitrogens is 3. The number of hydrogen-bond donors (Lipinski definition) is 2. The summed E-state index contributed by atoms with van der Waals surface area (Å²) in [7, 11) is 0. The number of likely N-dealkylation sites (tertiary alicyclic amines) is 1. The van der Waals surface area contributed by atoms with Crippen molar-refractivity contribution < 1.29 is 9.59 Å². The first kappa shape index (κ1) is 20.5. The van der Waals surface area contributed by atoms with Crippen LogP contribution in [-0.4, -0.2) is 44.6 Å². The van der Waals surface area contributed by atoms with E-state index in [1.54, 1.807) is 20.8 Å². The lowest BCUT2D eigenvalue weighted by Gasteiger charge is -2.34. The molecule has 1 fully saturated rings. The Morgan fingerprint density at radius 3 is 2.80 bits per heavy atom. The Morgan fingerprint density at radius 1 is 1.27 bits per heavy atom. The van der Waals surface area contributed by atoms with Crippen molar-refractivity contribution in [3.05, 3.63) is 52.6 Å². The monoisotopic (exact) mass is 441 g/mol. The maximum atomic E-state index is 13.3. The highest BCUT2D eigenvalue weighted by molar-refractivity contribution is 7.71. The molecule has 0 bridgehead atoms. The molecular formula is C21H23N5O2S2. The summed E-state index contributed by atoms with van der Waals surface area (Å²) in [5, 5.41) is 12.0. The minimum absolute atomic E-state index is 0.0504. The van der Waals surface area contributed by atoms with E-state index in [-0.39, 0.29) is 17.7 Å². The molecule has 1 aliphatic heterocycles. The molecule has 0 radical (unpaired) electrons. The molecule has 2 unspecified atom stereocenters. The van der Waals surface area contributed by atoms with E-state index < -0.39 is 6.04 Å². The van der Waals surface area contributed by atoms with Gasteiger partial charge in [-0.05, 0) is 55.6 Å². The average Bonchev–Trinajstić information content (AvgIpc) is 3.43. The van der Waals surface area contributed by atoms with Crippen molar-refractivity contribution in [3.8, 4) is 10.7 Å². The number of piperidine rings is 1. The van der Waals surface area contributed by atoms with Gasteiger partial charge in [0.1, 0.15) is 6.04 Å². The number of H-pyrrole nitrogens is 1. The van der Waals surface area contributed by atoms with Crippen molar-refractivity contribution in [2.24, 2.45) is 5.92 Å². The third kappa shape index (κ3) is 4.22. The zero-order valence-electron chi connectivity index (χ0n) is 16.6. The number of thiophene rings is 1. The zero-order valence-corrected chi connectivity index (χ0v) is 18.2. The number of para-hydroxylation sites is 1. The third-order valence-corrected chi connectivity index (χ3v) is 6.49. The van der Waals surface area contributed by atoms with Crippen LogP contribution in [0.2, 0.25) is 0 Å². The summed E-state index contributed by atoms with van der Waals surface area (Å²) >= 11 is 6.94. The van der Waals surface area contributed by atoms with Crippen LogP contribution in [0.1, 0.15) is 25.8 Å². The number of nitrogens with zero attached hydrogens (tertiary/aromatic N) is 3. The fourth-order valence-electron chi connectivity index (χ4n) is 3.78. The van der Waals surface area contributed by atoms with Gasteiger partial charge in [0.2, 0.25) is 11.8 Å². The van der Waals surface area contributed by atoms with Crippen LogP contribution in [0.15, 0.2) is 47.8 Å². The van der Waals surface area contributed by atoms with Gasteiger partial charge in [-0.2, -0.15) is 5.10 Å². The first-order chi connectivity index (χ1) is 14.5. The van der Waals surface area contributed by atoms with Gasteiger partial charge in [-0.15, -0.1) is 11.3 Å². The summed E-state index contributed by atoms with van der Waals surface area (Å²) in [5.41, 5.74) is 0.768. The number of hydrogen-bond acceptors (Lipinski definition) is 5. The Labute approximate surface area is 183 Å². The van der Waals surface area contributed by atoms with Gasteiger partial charge in [0.05, 0.1) is 10.8 Å². The maximum absolute atomic E-state index is 13.3. The number of nitrogens with one attached hydrogen (secondary N) is 2. The largest absolute Gasteiger partial charge is 0.340 e. The second kappa shape index (κ2) is 8.93. The van der Waals surface area contributed by atoms with Crippen LogP contribution in [-0.2, 0) is 9.59 Å². The summed E-state index contributed by atoms with van der Waals surface area (Å²) < 4.78 is 2.17. The van der Waals surface area contributed by atoms with Crippen molar-refractivity contribution >= 4 is 41.1 Å². The van der Waals surface area contributed by atoms with Crippen molar-refractivity contribution in [3.63, 3.8) is 0 Å². The van der Waals surface area contributed by atoms with E-state index in [2.05, 4.69) is 15.5 Å². The Hall–Kier alpha value is -2.78. The molecule has 0 spiro atoms. The van der Waals surface area contributed by atoms with Gasteiger partial charge < -0.3 is 10.2 Å². The molecule has 1 aromatic carbocycles. The molecule has 2 N–H and O–H groups in total. The van der Waals surface area contributed by atoms with Crippen LogP contribution in [0.4, 0.5) is 5.69 Å². The summed E-state index contributed by atoms with van der Waals surface area (Å²) in [6.45, 7) is 2.87. The highest BCUT2D eigenvalue weighted by atomic mass is 32.1. The molecule has 9 heteroatoms. The Bertz CT molecular complexity index is 1070. The molecule has 156 valence electrons. The van der Waals surface area contributed by atoms with Crippen molar-refractivity contribution in [1.82, 2.24) is 19.7 Å². The summed E-state index contributed by atoms with van der Waals surface area (Å²) in [4.78, 5) is 28.7. The fourth-order valence-corrected chi connectivity index (χ4v) is 4.78. The Morgan fingerprint density at radius 2 is 2.07 bits per heavy atom. The lowest BCUT2D eigenvalue weighted by Crippen LogP contribution is -2.46. The van der Waals surface area contributed by atoms with Gasteiger partial charge >= 0.3 is 0 Å². The van der Waals surface area contributed by atoms with E-state index in [1.165, 1.54) is 0 Å². The van der Waals surface area contributed by atoms with Gasteiger partial charge in [-0.25, -0.2) is 0 Å². The number of anilines is 1. The predicted octanol–water partition coefficient (Wildman–Crippen LogP) is 4.11. The number of aromatic amines is 1. The van der Waals surface area contributed by atoms with E-state index in [0.717, 1.165) is 23.4 Å². The van der Waals surface area contributed by atoms with Crippen molar-refractivity contribution in [2.75, 3.05) is 18.4 Å². The highest BCUT2D eigenvalue weighted by Crippen LogP contribution is 2.27. The van der Waals surface area contributed by atoms with Crippen LogP contribution < -0.4 is 5.32 Å². The van der Waals surface area contributed by atoms with Crippen LogP contribution in [0.3, 0.4) is 0 Å². The quantitative estimate of drug-likeness (QED) is 0.584. The van der Waals surface area contributed by atoms with Crippen LogP contribution >= 0.6 is 23.6 Å². The summed E-state index contributed by atoms with van der Waals surface area (Å²) in [5.74, 6) is 0.323. The molecular weight excluding hydrogens is 418 g/mol. The lowest BCUT2D eigenvalue weighted by molar-refractivity contribution is -0.137. The molecule has 1 saturated heterocycles. The predicted molar refractivity (Wildman–Crippen MR) is 120 cm³/mol. The third-order valence-electron chi connectivity index (χ3n) is 5.34. The second-order valence-corrected chi connectivity index (χ2v) is 8.69. The minimum Gasteiger partial charge on any atom is -0.340 e. The normalized spacial score (nSPS) is 17.5. The standard InChI is InChI=1S/C21H23N5O2S2/c1-14(26-18(23-24-21(26)29)17-10-6-12-30-17)20(28)25-11-5-7-15(13-25)19(27)22-16-8-3-2-4-9-16/h2-4,6,8-10,12,14-15H,5,7,11,13H2,1H3,(H,22,27)(H,24,29). The topological polar surface area (TPSA) is 83.0 Å². The molecule has 1 aliphatic rings. The highest BCUT2D eigenvalue weighted by Gasteiger charge is 2.32. The van der Waals surface area contributed by atoms with E-state index in [9.17, 15) is 9.59 Å². The number of benzene rings is 1. The SMILES string of the molecule is CC(C(=O)N1CCCC(C(=O)Nc2ccccc2)C1)n1c(-c2cccs2)n[nH]c1=S. The molecule has 3 aromatic rings. The molecule has 2 atom stereocenters. The fraction of sp³-hybridized carbons (Fsp3) is 0.333. The molecule has 3 heterocycles. The number of amides is 2. The Balaban J connectivity index is 1.48. The molecule has 7 nitrogen and oxygen atoms in total. The lowest BCUT2D eigenvalue weighted by atomic mass is 9.96. The van der Waals surface area contributed by atoms with Crippen LogP contribution in [0.25, 0.3) is 10.7 Å². The molecule has 0 saturated carbocycles. The average molecular weight is 442 g/mol. The molecule has 2 amide bonds. The van der Waals surface area contributed by atoms with Gasteiger partial charge in [0, 0.05) is 18.8 Å². The molecule has 4 rings (SSSR count). The minimum atomic E-state index is -0.510. The van der Waals surface area contributed by atoms with Crippen LogP contribution in [0.5, 0.6) is 0 Å². The van der Waals surface area contributed by atoms with E-state index in [1.807, 2.05) is 54.8 Å². The smallest absolute Gasteiger partial charge is 0.245 e. The van der Waals surface area contributed by atoms with Crippen molar-refractivity contribution in [2.45, 2.75) is 25.8 Å². The first-order valence-corrected chi connectivity index (χ1v) is 11.2. The molecule has 30 heavy (non-hydrogen) atoms.